The Bertz CT molecular complexity index is 309. The van der Waals surface area contributed by atoms with Crippen molar-refractivity contribution >= 4 is 16.6 Å². The molecule has 1 aromatic rings. The third-order valence-electron chi connectivity index (χ3n) is 1.71. The van der Waals surface area contributed by atoms with Gasteiger partial charge in [-0.1, -0.05) is 18.2 Å². The van der Waals surface area contributed by atoms with Gasteiger partial charge < -0.3 is 9.16 Å². The van der Waals surface area contributed by atoms with Gasteiger partial charge in [0, 0.05) is 5.56 Å². The van der Waals surface area contributed by atoms with Crippen LogP contribution in [-0.4, -0.2) is 16.8 Å². The molecule has 59 valence electrons. The number of hydrogen-bond donors (Lipinski definition) is 0. The SMILES string of the molecule is [Si]OC1C=Cc2ccccc2O1. The third-order valence-corrected chi connectivity index (χ3v) is 1.94. The van der Waals surface area contributed by atoms with Gasteiger partial charge in [-0.15, -0.1) is 0 Å². The van der Waals surface area contributed by atoms with Gasteiger partial charge in [-0.3, -0.25) is 0 Å². The molecule has 0 fully saturated rings. The molecule has 3 heteroatoms. The van der Waals surface area contributed by atoms with E-state index in [1.54, 1.807) is 0 Å². The Kier molecular flexibility index (Phi) is 1.97. The number of benzene rings is 1. The van der Waals surface area contributed by atoms with Crippen molar-refractivity contribution in [1.82, 2.24) is 0 Å². The maximum Gasteiger partial charge on any atom is 0.251 e. The lowest BCUT2D eigenvalue weighted by atomic mass is 10.1. The van der Waals surface area contributed by atoms with Crippen molar-refractivity contribution in [1.29, 1.82) is 0 Å². The number of hydrogen-bond acceptors (Lipinski definition) is 2. The molecule has 0 aromatic heterocycles. The van der Waals surface area contributed by atoms with E-state index in [1.165, 1.54) is 0 Å². The first-order valence-electron chi connectivity index (χ1n) is 3.66. The predicted molar refractivity (Wildman–Crippen MR) is 46.7 cm³/mol. The maximum absolute atomic E-state index is 5.42. The Balaban J connectivity index is 2.33. The molecule has 1 unspecified atom stereocenters. The first-order valence-corrected chi connectivity index (χ1v) is 4.07. The van der Waals surface area contributed by atoms with Crippen molar-refractivity contribution in [3.05, 3.63) is 35.9 Å². The maximum atomic E-state index is 5.42. The van der Waals surface area contributed by atoms with Gasteiger partial charge in [-0.05, 0) is 18.2 Å². The quantitative estimate of drug-likeness (QED) is 0.602. The van der Waals surface area contributed by atoms with Gasteiger partial charge >= 0.3 is 0 Å². The normalized spacial score (nSPS) is 19.9. The van der Waals surface area contributed by atoms with Crippen molar-refractivity contribution in [3.8, 4) is 5.75 Å². The summed E-state index contributed by atoms with van der Waals surface area (Å²) in [4.78, 5) is 0. The minimum Gasteiger partial charge on any atom is -0.462 e. The highest BCUT2D eigenvalue weighted by molar-refractivity contribution is 5.98. The molecule has 2 nitrogen and oxygen atoms in total. The lowest BCUT2D eigenvalue weighted by Gasteiger charge is -2.19. The zero-order chi connectivity index (χ0) is 8.39. The molecule has 1 aromatic carbocycles. The summed E-state index contributed by atoms with van der Waals surface area (Å²) in [5.41, 5.74) is 1.08. The highest BCUT2D eigenvalue weighted by atomic mass is 28.2. The molecule has 3 radical (unpaired) electrons. The van der Waals surface area contributed by atoms with Gasteiger partial charge in [0.2, 0.25) is 6.29 Å². The van der Waals surface area contributed by atoms with Crippen LogP contribution in [0, 0.1) is 0 Å². The van der Waals surface area contributed by atoms with Gasteiger partial charge in [0.15, 0.2) is 0 Å². The van der Waals surface area contributed by atoms with Gasteiger partial charge in [-0.25, -0.2) is 0 Å². The fourth-order valence-corrected chi connectivity index (χ4v) is 1.26. The summed E-state index contributed by atoms with van der Waals surface area (Å²) in [5.74, 6) is 0.850. The van der Waals surface area contributed by atoms with Crippen molar-refractivity contribution in [2.24, 2.45) is 0 Å². The van der Waals surface area contributed by atoms with E-state index in [-0.39, 0.29) is 6.29 Å². The summed E-state index contributed by atoms with van der Waals surface area (Å²) in [7, 11) is 2.93. The average Bonchev–Trinajstić information content (AvgIpc) is 2.17. The van der Waals surface area contributed by atoms with Crippen LogP contribution >= 0.6 is 0 Å². The Morgan fingerprint density at radius 1 is 1.33 bits per heavy atom. The predicted octanol–water partition coefficient (Wildman–Crippen LogP) is 1.52. The van der Waals surface area contributed by atoms with Crippen LogP contribution in [0.1, 0.15) is 5.56 Å². The van der Waals surface area contributed by atoms with Gasteiger partial charge in [-0.2, -0.15) is 0 Å². The summed E-state index contributed by atoms with van der Waals surface area (Å²) in [6.07, 6.45) is 3.50. The number of ether oxygens (including phenoxy) is 1. The topological polar surface area (TPSA) is 18.5 Å². The Morgan fingerprint density at radius 3 is 3.00 bits per heavy atom. The minimum atomic E-state index is -0.323. The Labute approximate surface area is 74.4 Å². The molecule has 1 heterocycles. The number of para-hydroxylation sites is 1. The second-order valence-electron chi connectivity index (χ2n) is 2.50. The Hall–Kier alpha value is -1.06. The van der Waals surface area contributed by atoms with E-state index < -0.39 is 0 Å². The van der Waals surface area contributed by atoms with E-state index in [2.05, 4.69) is 10.5 Å². The molecule has 2 rings (SSSR count). The zero-order valence-electron chi connectivity index (χ0n) is 6.36. The summed E-state index contributed by atoms with van der Waals surface area (Å²) in [6.45, 7) is 0. The third kappa shape index (κ3) is 1.28. The molecule has 1 atom stereocenters. The molecule has 0 spiro atoms. The van der Waals surface area contributed by atoms with E-state index in [0.717, 1.165) is 11.3 Å². The van der Waals surface area contributed by atoms with Gasteiger partial charge in [0.25, 0.3) is 10.5 Å². The molecule has 0 saturated heterocycles. The monoisotopic (exact) mass is 175 g/mol. The van der Waals surface area contributed by atoms with Crippen LogP contribution in [0.5, 0.6) is 5.75 Å². The van der Waals surface area contributed by atoms with E-state index in [9.17, 15) is 0 Å². The summed E-state index contributed by atoms with van der Waals surface area (Å²) < 4.78 is 10.3. The second kappa shape index (κ2) is 3.12. The summed E-state index contributed by atoms with van der Waals surface area (Å²) in [6, 6.07) is 7.82. The summed E-state index contributed by atoms with van der Waals surface area (Å²) in [5, 5.41) is 0. The smallest absolute Gasteiger partial charge is 0.251 e. The van der Waals surface area contributed by atoms with Crippen molar-refractivity contribution < 1.29 is 9.16 Å². The van der Waals surface area contributed by atoms with Crippen molar-refractivity contribution in [2.75, 3.05) is 0 Å². The number of rotatable bonds is 1. The molecule has 12 heavy (non-hydrogen) atoms. The fourth-order valence-electron chi connectivity index (χ4n) is 1.14. The van der Waals surface area contributed by atoms with Crippen LogP contribution in [0.15, 0.2) is 30.3 Å². The first-order chi connectivity index (χ1) is 5.90. The van der Waals surface area contributed by atoms with Crippen molar-refractivity contribution in [3.63, 3.8) is 0 Å². The van der Waals surface area contributed by atoms with Crippen LogP contribution in [-0.2, 0) is 4.43 Å². The Morgan fingerprint density at radius 2 is 2.17 bits per heavy atom. The molecule has 0 aliphatic carbocycles. The van der Waals surface area contributed by atoms with E-state index in [4.69, 9.17) is 9.16 Å². The minimum absolute atomic E-state index is 0.323. The molecule has 0 N–H and O–H groups in total. The molecular weight excluding hydrogens is 168 g/mol. The van der Waals surface area contributed by atoms with Gasteiger partial charge in [0.05, 0.1) is 0 Å². The lowest BCUT2D eigenvalue weighted by molar-refractivity contribution is 0.0535. The van der Waals surface area contributed by atoms with Crippen LogP contribution in [0.25, 0.3) is 6.08 Å². The highest BCUT2D eigenvalue weighted by Gasteiger charge is 2.11. The average molecular weight is 175 g/mol. The van der Waals surface area contributed by atoms with E-state index in [0.29, 0.717) is 0 Å². The summed E-state index contributed by atoms with van der Waals surface area (Å²) >= 11 is 0. The lowest BCUT2D eigenvalue weighted by Crippen LogP contribution is -2.18. The molecular formula is C9H7O2Si. The van der Waals surface area contributed by atoms with Crippen LogP contribution in [0.2, 0.25) is 0 Å². The number of fused-ring (bicyclic) bond motifs is 1. The highest BCUT2D eigenvalue weighted by Crippen LogP contribution is 2.24. The van der Waals surface area contributed by atoms with Crippen LogP contribution in [0.3, 0.4) is 0 Å². The van der Waals surface area contributed by atoms with Gasteiger partial charge in [0.1, 0.15) is 5.75 Å². The standard InChI is InChI=1S/C9H7O2Si/c12-11-9-6-5-7-3-1-2-4-8(7)10-9/h1-6,9H. The molecule has 0 amide bonds. The molecule has 0 bridgehead atoms. The van der Waals surface area contributed by atoms with Crippen molar-refractivity contribution in [2.45, 2.75) is 6.29 Å². The zero-order valence-corrected chi connectivity index (χ0v) is 7.36. The molecule has 1 aliphatic rings. The fraction of sp³-hybridized carbons (Fsp3) is 0.111. The first kappa shape index (κ1) is 7.58. The van der Waals surface area contributed by atoms with Crippen LogP contribution < -0.4 is 4.74 Å². The molecule has 0 saturated carbocycles. The second-order valence-corrected chi connectivity index (χ2v) is 2.74. The van der Waals surface area contributed by atoms with E-state index >= 15 is 0 Å². The van der Waals surface area contributed by atoms with E-state index in [1.807, 2.05) is 36.4 Å². The molecule has 1 aliphatic heterocycles. The largest absolute Gasteiger partial charge is 0.462 e. The van der Waals surface area contributed by atoms with Crippen LogP contribution in [0.4, 0.5) is 0 Å².